The van der Waals surface area contributed by atoms with Gasteiger partial charge in [0.25, 0.3) is 0 Å². The first-order valence-electron chi connectivity index (χ1n) is 6.81. The number of hydrogen-bond donors (Lipinski definition) is 0. The van der Waals surface area contributed by atoms with Crippen LogP contribution in [0.5, 0.6) is 5.75 Å². The molecule has 1 aromatic rings. The molecule has 0 aliphatic carbocycles. The van der Waals surface area contributed by atoms with Gasteiger partial charge < -0.3 is 4.74 Å². The summed E-state index contributed by atoms with van der Waals surface area (Å²) in [5, 5.41) is 8.59. The van der Waals surface area contributed by atoms with Crippen LogP contribution in [-0.4, -0.2) is 6.61 Å². The van der Waals surface area contributed by atoms with Crippen LogP contribution < -0.4 is 4.74 Å². The smallest absolute Gasteiger partial charge is 0.123 e. The van der Waals surface area contributed by atoms with Gasteiger partial charge in [-0.15, -0.1) is 0 Å². The largest absolute Gasteiger partial charge is 0.492 e. The van der Waals surface area contributed by atoms with E-state index < -0.39 is 0 Å². The summed E-state index contributed by atoms with van der Waals surface area (Å²) in [5.41, 5.74) is 2.68. The van der Waals surface area contributed by atoms with Crippen LogP contribution in [0.15, 0.2) is 18.2 Å². The maximum absolute atomic E-state index is 8.59. The molecule has 0 heterocycles. The molecule has 2 heteroatoms. The van der Waals surface area contributed by atoms with Crippen LogP contribution in [-0.2, 0) is 10.8 Å². The maximum atomic E-state index is 8.59. The number of benzene rings is 1. The van der Waals surface area contributed by atoms with Gasteiger partial charge in [0, 0.05) is 0 Å². The molecule has 0 amide bonds. The number of nitriles is 1. The Bertz CT molecular complexity index is 470. The summed E-state index contributed by atoms with van der Waals surface area (Å²) in [4.78, 5) is 0. The molecule has 0 spiro atoms. The first-order chi connectivity index (χ1) is 8.66. The third kappa shape index (κ3) is 4.28. The second-order valence-electron chi connectivity index (χ2n) is 6.97. The summed E-state index contributed by atoms with van der Waals surface area (Å²) in [6.07, 6.45) is 0.421. The van der Waals surface area contributed by atoms with Crippen LogP contribution in [0.1, 0.15) is 59.1 Å². The van der Waals surface area contributed by atoms with Gasteiger partial charge in [-0.05, 0) is 28.0 Å². The van der Waals surface area contributed by atoms with Gasteiger partial charge in [0.05, 0.1) is 12.5 Å². The minimum absolute atomic E-state index is 0.0310. The monoisotopic (exact) mass is 259 g/mol. The van der Waals surface area contributed by atoms with Crippen LogP contribution in [0.2, 0.25) is 0 Å². The van der Waals surface area contributed by atoms with Crippen LogP contribution in [0, 0.1) is 11.3 Å². The lowest BCUT2D eigenvalue weighted by Gasteiger charge is -2.27. The molecule has 0 radical (unpaired) electrons. The number of hydrogen-bond acceptors (Lipinski definition) is 2. The molecule has 104 valence electrons. The third-order valence-corrected chi connectivity index (χ3v) is 3.13. The summed E-state index contributed by atoms with van der Waals surface area (Å²) < 4.78 is 5.75. The van der Waals surface area contributed by atoms with Gasteiger partial charge in [-0.2, -0.15) is 5.26 Å². The molecule has 0 saturated heterocycles. The van der Waals surface area contributed by atoms with Crippen molar-refractivity contribution in [3.05, 3.63) is 29.3 Å². The second-order valence-corrected chi connectivity index (χ2v) is 6.97. The molecule has 0 unspecified atom stereocenters. The molecule has 0 aromatic heterocycles. The van der Waals surface area contributed by atoms with Gasteiger partial charge in [-0.1, -0.05) is 53.7 Å². The zero-order valence-corrected chi connectivity index (χ0v) is 13.0. The quantitative estimate of drug-likeness (QED) is 0.745. The molecule has 0 aliphatic rings. The van der Waals surface area contributed by atoms with Gasteiger partial charge in [0.1, 0.15) is 12.4 Å². The van der Waals surface area contributed by atoms with Gasteiger partial charge in [-0.25, -0.2) is 0 Å². The van der Waals surface area contributed by atoms with Crippen molar-refractivity contribution in [3.63, 3.8) is 0 Å². The summed E-state index contributed by atoms with van der Waals surface area (Å²) in [7, 11) is 0. The summed E-state index contributed by atoms with van der Waals surface area (Å²) in [6.45, 7) is 13.7. The van der Waals surface area contributed by atoms with E-state index in [0.717, 1.165) is 5.75 Å². The highest BCUT2D eigenvalue weighted by Gasteiger charge is 2.22. The van der Waals surface area contributed by atoms with Crippen LogP contribution >= 0.6 is 0 Å². The van der Waals surface area contributed by atoms with E-state index >= 15 is 0 Å². The van der Waals surface area contributed by atoms with E-state index in [1.54, 1.807) is 0 Å². The Morgan fingerprint density at radius 1 is 1.05 bits per heavy atom. The highest BCUT2D eigenvalue weighted by molar-refractivity contribution is 5.43. The molecule has 0 bridgehead atoms. The average Bonchev–Trinajstić information content (AvgIpc) is 2.27. The number of ether oxygens (including phenoxy) is 1. The predicted molar refractivity (Wildman–Crippen MR) is 79.6 cm³/mol. The van der Waals surface area contributed by atoms with Crippen LogP contribution in [0.25, 0.3) is 0 Å². The number of rotatable bonds is 3. The fraction of sp³-hybridized carbons (Fsp3) is 0.588. The van der Waals surface area contributed by atoms with E-state index in [1.807, 2.05) is 6.07 Å². The molecule has 0 saturated carbocycles. The predicted octanol–water partition coefficient (Wildman–Crippen LogP) is 4.57. The lowest BCUT2D eigenvalue weighted by atomic mass is 9.80. The fourth-order valence-electron chi connectivity index (χ4n) is 1.92. The normalized spacial score (nSPS) is 12.1. The summed E-state index contributed by atoms with van der Waals surface area (Å²) >= 11 is 0. The van der Waals surface area contributed by atoms with E-state index in [2.05, 4.69) is 59.7 Å². The van der Waals surface area contributed by atoms with Crippen molar-refractivity contribution < 1.29 is 4.74 Å². The van der Waals surface area contributed by atoms with Crippen molar-refractivity contribution in [1.82, 2.24) is 0 Å². The highest BCUT2D eigenvalue weighted by Crippen LogP contribution is 2.35. The SMILES string of the molecule is CC(C)(C)c1ccc(OCCC#N)c(C(C)(C)C)c1. The van der Waals surface area contributed by atoms with Crippen LogP contribution in [0.3, 0.4) is 0 Å². The van der Waals surface area contributed by atoms with Crippen molar-refractivity contribution in [2.75, 3.05) is 6.61 Å². The topological polar surface area (TPSA) is 33.0 Å². The van der Waals surface area contributed by atoms with E-state index in [4.69, 9.17) is 10.00 Å². The zero-order chi connectivity index (χ0) is 14.7. The Balaban J connectivity index is 3.15. The first-order valence-corrected chi connectivity index (χ1v) is 6.81. The van der Waals surface area contributed by atoms with Gasteiger partial charge >= 0.3 is 0 Å². The molecular formula is C17H25NO. The van der Waals surface area contributed by atoms with Gasteiger partial charge in [0.2, 0.25) is 0 Å². The Morgan fingerprint density at radius 3 is 2.16 bits per heavy atom. The second kappa shape index (κ2) is 5.65. The Labute approximate surface area is 117 Å². The minimum atomic E-state index is 0.0310. The molecule has 0 fully saturated rings. The molecule has 0 N–H and O–H groups in total. The van der Waals surface area contributed by atoms with Gasteiger partial charge in [-0.3, -0.25) is 0 Å². The van der Waals surface area contributed by atoms with Crippen LogP contribution in [0.4, 0.5) is 0 Å². The van der Waals surface area contributed by atoms with Crippen molar-refractivity contribution in [1.29, 1.82) is 5.26 Å². The van der Waals surface area contributed by atoms with E-state index in [-0.39, 0.29) is 10.8 Å². The summed E-state index contributed by atoms with van der Waals surface area (Å²) in [6, 6.07) is 8.51. The molecule has 0 aliphatic heterocycles. The van der Waals surface area contributed by atoms with Crippen molar-refractivity contribution in [2.45, 2.75) is 58.8 Å². The van der Waals surface area contributed by atoms with E-state index in [1.165, 1.54) is 11.1 Å². The summed E-state index contributed by atoms with van der Waals surface area (Å²) in [5.74, 6) is 0.899. The van der Waals surface area contributed by atoms with E-state index in [9.17, 15) is 0 Å². The van der Waals surface area contributed by atoms with Crippen molar-refractivity contribution >= 4 is 0 Å². The lowest BCUT2D eigenvalue weighted by molar-refractivity contribution is 0.317. The third-order valence-electron chi connectivity index (χ3n) is 3.13. The first kappa shape index (κ1) is 15.6. The minimum Gasteiger partial charge on any atom is -0.492 e. The molecule has 1 rings (SSSR count). The van der Waals surface area contributed by atoms with Crippen molar-refractivity contribution in [2.24, 2.45) is 0 Å². The molecule has 2 nitrogen and oxygen atoms in total. The zero-order valence-electron chi connectivity index (χ0n) is 13.0. The molecule has 1 aromatic carbocycles. The van der Waals surface area contributed by atoms with E-state index in [0.29, 0.717) is 13.0 Å². The average molecular weight is 259 g/mol. The lowest BCUT2D eigenvalue weighted by Crippen LogP contribution is -2.17. The molecular weight excluding hydrogens is 234 g/mol. The van der Waals surface area contributed by atoms with Gasteiger partial charge in [0.15, 0.2) is 0 Å². The fourth-order valence-corrected chi connectivity index (χ4v) is 1.92. The Kier molecular flexibility index (Phi) is 4.63. The Hall–Kier alpha value is -1.49. The molecule has 19 heavy (non-hydrogen) atoms. The highest BCUT2D eigenvalue weighted by atomic mass is 16.5. The number of nitrogens with zero attached hydrogens (tertiary/aromatic N) is 1. The standard InChI is InChI=1S/C17H25NO/c1-16(2,3)13-8-9-15(19-11-7-10-18)14(12-13)17(4,5)6/h8-9,12H,7,11H2,1-6H3. The maximum Gasteiger partial charge on any atom is 0.123 e. The molecule has 0 atom stereocenters. The van der Waals surface area contributed by atoms with Crippen molar-refractivity contribution in [3.8, 4) is 11.8 Å². The Morgan fingerprint density at radius 2 is 1.68 bits per heavy atom.